The van der Waals surface area contributed by atoms with Gasteiger partial charge in [-0.05, 0) is 49.9 Å². The van der Waals surface area contributed by atoms with Gasteiger partial charge in [-0.2, -0.15) is 0 Å². The zero-order valence-electron chi connectivity index (χ0n) is 15.4. The van der Waals surface area contributed by atoms with Gasteiger partial charge < -0.3 is 15.0 Å². The Morgan fingerprint density at radius 3 is 2.96 bits per heavy atom. The van der Waals surface area contributed by atoms with Crippen LogP contribution in [0.15, 0.2) is 42.6 Å². The molecule has 2 aliphatic heterocycles. The third kappa shape index (κ3) is 3.57. The molecule has 2 amide bonds. The summed E-state index contributed by atoms with van der Waals surface area (Å²) in [4.78, 5) is 31.5. The molecule has 0 aliphatic carbocycles. The van der Waals surface area contributed by atoms with Crippen molar-refractivity contribution in [1.29, 1.82) is 0 Å². The molecule has 0 spiro atoms. The molecule has 0 bridgehead atoms. The molecule has 1 N–H and O–H groups in total. The van der Waals surface area contributed by atoms with Gasteiger partial charge in [-0.3, -0.25) is 14.6 Å². The largest absolute Gasteiger partial charge is 0.376 e. The number of hydrogen-bond donors (Lipinski definition) is 1. The average Bonchev–Trinajstić information content (AvgIpc) is 3.32. The van der Waals surface area contributed by atoms with Crippen molar-refractivity contribution in [1.82, 2.24) is 10.3 Å². The van der Waals surface area contributed by atoms with E-state index in [-0.39, 0.29) is 29.7 Å². The molecule has 4 rings (SSSR count). The number of amides is 2. The van der Waals surface area contributed by atoms with Gasteiger partial charge >= 0.3 is 0 Å². The normalized spacial score (nSPS) is 21.1. The van der Waals surface area contributed by atoms with E-state index in [0.29, 0.717) is 12.1 Å². The van der Waals surface area contributed by atoms with Gasteiger partial charge in [0.2, 0.25) is 0 Å². The number of rotatable bonds is 4. The van der Waals surface area contributed by atoms with Crippen molar-refractivity contribution >= 4 is 17.5 Å². The van der Waals surface area contributed by atoms with E-state index >= 15 is 0 Å². The number of nitrogens with zero attached hydrogens (tertiary/aromatic N) is 2. The first-order valence-corrected chi connectivity index (χ1v) is 9.41. The highest BCUT2D eigenvalue weighted by Crippen LogP contribution is 2.33. The average molecular weight is 365 g/mol. The van der Waals surface area contributed by atoms with Crippen molar-refractivity contribution in [2.24, 2.45) is 0 Å². The molecule has 2 aliphatic rings. The Bertz CT molecular complexity index is 861. The maximum absolute atomic E-state index is 13.1. The fourth-order valence-electron chi connectivity index (χ4n) is 3.80. The molecular weight excluding hydrogens is 342 g/mol. The summed E-state index contributed by atoms with van der Waals surface area (Å²) in [6.07, 6.45) is 4.40. The van der Waals surface area contributed by atoms with Crippen LogP contribution < -0.4 is 10.2 Å². The van der Waals surface area contributed by atoms with E-state index in [2.05, 4.69) is 16.4 Å². The molecule has 1 fully saturated rings. The lowest BCUT2D eigenvalue weighted by molar-refractivity contribution is 0.0853. The molecule has 2 unspecified atom stereocenters. The zero-order valence-corrected chi connectivity index (χ0v) is 15.4. The molecule has 27 heavy (non-hydrogen) atoms. The highest BCUT2D eigenvalue weighted by atomic mass is 16.5. The van der Waals surface area contributed by atoms with Crippen LogP contribution in [0.3, 0.4) is 0 Å². The van der Waals surface area contributed by atoms with Gasteiger partial charge in [-0.25, -0.2) is 0 Å². The number of aromatic nitrogens is 1. The van der Waals surface area contributed by atoms with E-state index in [1.807, 2.05) is 25.1 Å². The van der Waals surface area contributed by atoms with E-state index in [9.17, 15) is 9.59 Å². The predicted molar refractivity (Wildman–Crippen MR) is 102 cm³/mol. The quantitative estimate of drug-likeness (QED) is 0.904. The Balaban J connectivity index is 1.50. The second kappa shape index (κ2) is 7.48. The number of anilines is 1. The van der Waals surface area contributed by atoms with Crippen molar-refractivity contribution in [2.75, 3.05) is 18.1 Å². The number of hydrogen-bond acceptors (Lipinski definition) is 4. The molecule has 0 radical (unpaired) electrons. The van der Waals surface area contributed by atoms with Gasteiger partial charge in [-0.1, -0.05) is 18.2 Å². The van der Waals surface area contributed by atoms with Crippen LogP contribution in [0.25, 0.3) is 0 Å². The van der Waals surface area contributed by atoms with Crippen LogP contribution >= 0.6 is 0 Å². The standard InChI is InChI=1S/C21H23N3O3/c1-14-11-15-5-2-3-7-19(15)24(14)21(26)16-8-9-22-18(12-16)20(25)23-13-17-6-4-10-27-17/h2-3,5,7-9,12,14,17H,4,6,10-11,13H2,1H3,(H,23,25). The lowest BCUT2D eigenvalue weighted by Crippen LogP contribution is -2.36. The SMILES string of the molecule is CC1Cc2ccccc2N1C(=O)c1ccnc(C(=O)NCC2CCCO2)c1. The molecule has 0 saturated carbocycles. The zero-order chi connectivity index (χ0) is 18.8. The molecule has 2 aromatic rings. The summed E-state index contributed by atoms with van der Waals surface area (Å²) in [5, 5.41) is 2.85. The minimum Gasteiger partial charge on any atom is -0.376 e. The summed E-state index contributed by atoms with van der Waals surface area (Å²) in [6.45, 7) is 3.25. The van der Waals surface area contributed by atoms with Crippen molar-refractivity contribution in [3.8, 4) is 0 Å². The van der Waals surface area contributed by atoms with Crippen LogP contribution in [0.1, 0.15) is 46.2 Å². The van der Waals surface area contributed by atoms with Gasteiger partial charge in [0.25, 0.3) is 11.8 Å². The first-order valence-electron chi connectivity index (χ1n) is 9.41. The fourth-order valence-corrected chi connectivity index (χ4v) is 3.80. The molecule has 140 valence electrons. The number of carbonyl (C=O) groups excluding carboxylic acids is 2. The number of ether oxygens (including phenoxy) is 1. The Hall–Kier alpha value is -2.73. The number of nitrogens with one attached hydrogen (secondary N) is 1. The second-order valence-corrected chi connectivity index (χ2v) is 7.13. The molecule has 3 heterocycles. The topological polar surface area (TPSA) is 71.5 Å². The van der Waals surface area contributed by atoms with Crippen LogP contribution in [0.5, 0.6) is 0 Å². The minimum absolute atomic E-state index is 0.0701. The van der Waals surface area contributed by atoms with Gasteiger partial charge in [0.15, 0.2) is 0 Å². The summed E-state index contributed by atoms with van der Waals surface area (Å²) in [7, 11) is 0. The van der Waals surface area contributed by atoms with Gasteiger partial charge in [0.05, 0.1) is 6.10 Å². The molecule has 2 atom stereocenters. The Morgan fingerprint density at radius 1 is 1.30 bits per heavy atom. The Kier molecular flexibility index (Phi) is 4.90. The second-order valence-electron chi connectivity index (χ2n) is 7.13. The van der Waals surface area contributed by atoms with Crippen LogP contribution in [-0.2, 0) is 11.2 Å². The highest BCUT2D eigenvalue weighted by Gasteiger charge is 2.31. The third-order valence-electron chi connectivity index (χ3n) is 5.18. The number of carbonyl (C=O) groups is 2. The molecule has 6 heteroatoms. The summed E-state index contributed by atoms with van der Waals surface area (Å²) < 4.78 is 5.52. The first kappa shape index (κ1) is 17.7. The van der Waals surface area contributed by atoms with Crippen LogP contribution in [0.4, 0.5) is 5.69 Å². The van der Waals surface area contributed by atoms with Gasteiger partial charge in [0.1, 0.15) is 5.69 Å². The highest BCUT2D eigenvalue weighted by molar-refractivity contribution is 6.08. The smallest absolute Gasteiger partial charge is 0.269 e. The number of fused-ring (bicyclic) bond motifs is 1. The molecular formula is C21H23N3O3. The predicted octanol–water partition coefficient (Wildman–Crippen LogP) is 2.58. The maximum atomic E-state index is 13.1. The Labute approximate surface area is 158 Å². The summed E-state index contributed by atoms with van der Waals surface area (Å²) in [5.41, 5.74) is 2.83. The lowest BCUT2D eigenvalue weighted by atomic mass is 10.1. The van der Waals surface area contributed by atoms with Crippen molar-refractivity contribution < 1.29 is 14.3 Å². The number of pyridine rings is 1. The number of benzene rings is 1. The molecule has 1 aromatic carbocycles. The molecule has 1 aromatic heterocycles. The van der Waals surface area contributed by atoms with E-state index in [4.69, 9.17) is 4.74 Å². The lowest BCUT2D eigenvalue weighted by Gasteiger charge is -2.23. The minimum atomic E-state index is -0.282. The van der Waals surface area contributed by atoms with E-state index < -0.39 is 0 Å². The first-order chi connectivity index (χ1) is 13.1. The summed E-state index contributed by atoms with van der Waals surface area (Å²) >= 11 is 0. The van der Waals surface area contributed by atoms with Crippen molar-refractivity contribution in [3.05, 3.63) is 59.4 Å². The van der Waals surface area contributed by atoms with E-state index in [1.165, 1.54) is 11.8 Å². The van der Waals surface area contributed by atoms with Gasteiger partial charge in [-0.15, -0.1) is 0 Å². The van der Waals surface area contributed by atoms with Crippen LogP contribution in [0.2, 0.25) is 0 Å². The van der Waals surface area contributed by atoms with Crippen molar-refractivity contribution in [2.45, 2.75) is 38.3 Å². The summed E-state index contributed by atoms with van der Waals surface area (Å²) in [6, 6.07) is 11.3. The van der Waals surface area contributed by atoms with E-state index in [1.54, 1.807) is 17.0 Å². The molecule has 1 saturated heterocycles. The monoisotopic (exact) mass is 365 g/mol. The van der Waals surface area contributed by atoms with Crippen LogP contribution in [0, 0.1) is 0 Å². The van der Waals surface area contributed by atoms with Crippen molar-refractivity contribution in [3.63, 3.8) is 0 Å². The fraction of sp³-hybridized carbons (Fsp3) is 0.381. The summed E-state index contributed by atoms with van der Waals surface area (Å²) in [5.74, 6) is -0.391. The van der Waals surface area contributed by atoms with Crippen LogP contribution in [-0.4, -0.2) is 42.1 Å². The third-order valence-corrected chi connectivity index (χ3v) is 5.18. The number of para-hydroxylation sites is 1. The van der Waals surface area contributed by atoms with E-state index in [0.717, 1.165) is 31.6 Å². The Morgan fingerprint density at radius 2 is 2.15 bits per heavy atom. The molecule has 6 nitrogen and oxygen atoms in total. The van der Waals surface area contributed by atoms with Gasteiger partial charge in [0, 0.05) is 36.6 Å². The maximum Gasteiger partial charge on any atom is 0.269 e.